The van der Waals surface area contributed by atoms with Crippen LogP contribution in [0, 0.1) is 11.8 Å². The Kier molecular flexibility index (Phi) is 7.20. The number of hydrogen-bond acceptors (Lipinski definition) is 8. The van der Waals surface area contributed by atoms with Gasteiger partial charge in [0.25, 0.3) is 0 Å². The van der Waals surface area contributed by atoms with Crippen molar-refractivity contribution >= 4 is 44.8 Å². The van der Waals surface area contributed by atoms with Crippen LogP contribution in [0.4, 0.5) is 10.3 Å². The molecule has 0 spiro atoms. The van der Waals surface area contributed by atoms with Crippen molar-refractivity contribution in [1.82, 2.24) is 20.4 Å². The summed E-state index contributed by atoms with van der Waals surface area (Å²) in [5, 5.41) is 25.4. The summed E-state index contributed by atoms with van der Waals surface area (Å²) in [6.07, 6.45) is 3.42. The quantitative estimate of drug-likeness (QED) is 0.335. The highest BCUT2D eigenvalue weighted by molar-refractivity contribution is 7.15. The van der Waals surface area contributed by atoms with Crippen molar-refractivity contribution in [1.29, 1.82) is 0 Å². The Morgan fingerprint density at radius 2 is 1.11 bits per heavy atom. The van der Waals surface area contributed by atoms with Crippen LogP contribution >= 0.6 is 22.7 Å². The van der Waals surface area contributed by atoms with Crippen LogP contribution < -0.4 is 10.6 Å². The second-order valence-electron chi connectivity index (χ2n) is 8.59. The molecule has 5 rings (SSSR count). The number of anilines is 2. The van der Waals surface area contributed by atoms with E-state index in [1.54, 1.807) is 0 Å². The summed E-state index contributed by atoms with van der Waals surface area (Å²) in [5.74, 6) is 0.865. The van der Waals surface area contributed by atoms with Crippen LogP contribution in [0.15, 0.2) is 60.7 Å². The molecule has 2 heterocycles. The Bertz CT molecular complexity index is 1190. The third-order valence-electron chi connectivity index (χ3n) is 5.78. The fourth-order valence-electron chi connectivity index (χ4n) is 3.92. The molecule has 2 amide bonds. The standard InChI is InChI=1S/C25H24N6O2S2/c32-20(11-16-7-3-1-4-8-16)26-24-30-28-22(34-24)14-18-13-19(18)15-23-29-31-25(35-23)27-21(33)12-17-9-5-2-6-10-17/h1-10,18-19H,11-15H2,(H,26,30,32)(H,27,31,33)/t18-,19-/m1/s1. The van der Waals surface area contributed by atoms with Crippen molar-refractivity contribution in [3.8, 4) is 0 Å². The van der Waals surface area contributed by atoms with Crippen LogP contribution in [0.25, 0.3) is 0 Å². The van der Waals surface area contributed by atoms with Crippen LogP contribution in [0.5, 0.6) is 0 Å². The maximum absolute atomic E-state index is 12.2. The van der Waals surface area contributed by atoms with Crippen molar-refractivity contribution < 1.29 is 9.59 Å². The van der Waals surface area contributed by atoms with Crippen molar-refractivity contribution in [3.05, 3.63) is 81.8 Å². The maximum atomic E-state index is 12.2. The van der Waals surface area contributed by atoms with Crippen molar-refractivity contribution in [2.75, 3.05) is 10.6 Å². The van der Waals surface area contributed by atoms with Gasteiger partial charge in [-0.3, -0.25) is 9.59 Å². The SMILES string of the molecule is O=C(Cc1ccccc1)Nc1nnc(C[C@H]2C[C@@H]2Cc2nnc(NC(=O)Cc3ccccc3)s2)s1. The first kappa shape index (κ1) is 23.3. The third-order valence-corrected chi connectivity index (χ3v) is 7.51. The average Bonchev–Trinajstić information content (AvgIpc) is 3.18. The summed E-state index contributed by atoms with van der Waals surface area (Å²) in [7, 11) is 0. The number of carbonyl (C=O) groups is 2. The van der Waals surface area contributed by atoms with Gasteiger partial charge in [-0.2, -0.15) is 0 Å². The molecule has 1 aliphatic rings. The van der Waals surface area contributed by atoms with E-state index in [4.69, 9.17) is 0 Å². The lowest BCUT2D eigenvalue weighted by Crippen LogP contribution is -2.14. The molecule has 2 aromatic carbocycles. The molecule has 35 heavy (non-hydrogen) atoms. The fraction of sp³-hybridized carbons (Fsp3) is 0.280. The zero-order valence-electron chi connectivity index (χ0n) is 18.9. The zero-order valence-corrected chi connectivity index (χ0v) is 20.5. The summed E-state index contributed by atoms with van der Waals surface area (Å²) in [4.78, 5) is 24.5. The first-order chi connectivity index (χ1) is 17.1. The Morgan fingerprint density at radius 1 is 0.686 bits per heavy atom. The van der Waals surface area contributed by atoms with E-state index in [0.29, 0.717) is 34.9 Å². The van der Waals surface area contributed by atoms with Crippen molar-refractivity contribution in [2.45, 2.75) is 32.1 Å². The summed E-state index contributed by atoms with van der Waals surface area (Å²) >= 11 is 2.87. The van der Waals surface area contributed by atoms with E-state index >= 15 is 0 Å². The molecule has 0 unspecified atom stereocenters. The molecule has 10 heteroatoms. The van der Waals surface area contributed by atoms with Gasteiger partial charge in [0.05, 0.1) is 12.8 Å². The maximum Gasteiger partial charge on any atom is 0.230 e. The molecule has 2 aromatic heterocycles. The second-order valence-corrected chi connectivity index (χ2v) is 10.7. The predicted molar refractivity (Wildman–Crippen MR) is 136 cm³/mol. The molecule has 8 nitrogen and oxygen atoms in total. The third kappa shape index (κ3) is 6.77. The van der Waals surface area contributed by atoms with Gasteiger partial charge in [0.2, 0.25) is 22.1 Å². The van der Waals surface area contributed by atoms with Crippen molar-refractivity contribution in [2.24, 2.45) is 11.8 Å². The molecule has 0 aliphatic heterocycles. The van der Waals surface area contributed by atoms with Crippen LogP contribution in [0.2, 0.25) is 0 Å². The van der Waals surface area contributed by atoms with Crippen LogP contribution in [-0.4, -0.2) is 32.2 Å². The molecule has 178 valence electrons. The minimum atomic E-state index is -0.0915. The number of aromatic nitrogens is 4. The van der Waals surface area contributed by atoms with Gasteiger partial charge in [-0.1, -0.05) is 83.3 Å². The van der Waals surface area contributed by atoms with Crippen LogP contribution in [0.1, 0.15) is 27.6 Å². The smallest absolute Gasteiger partial charge is 0.230 e. The first-order valence-corrected chi connectivity index (χ1v) is 13.1. The lowest BCUT2D eigenvalue weighted by molar-refractivity contribution is -0.116. The lowest BCUT2D eigenvalue weighted by Gasteiger charge is -2.01. The molecule has 0 radical (unpaired) electrons. The minimum Gasteiger partial charge on any atom is -0.300 e. The number of benzene rings is 2. The number of rotatable bonds is 10. The van der Waals surface area contributed by atoms with E-state index in [1.165, 1.54) is 22.7 Å². The number of nitrogens with one attached hydrogen (secondary N) is 2. The predicted octanol–water partition coefficient (Wildman–Crippen LogP) is 4.17. The molecule has 1 aliphatic carbocycles. The molecular weight excluding hydrogens is 480 g/mol. The number of carbonyl (C=O) groups excluding carboxylic acids is 2. The number of nitrogens with zero attached hydrogens (tertiary/aromatic N) is 4. The minimum absolute atomic E-state index is 0.0915. The Labute approximate surface area is 210 Å². The van der Waals surface area contributed by atoms with Gasteiger partial charge in [0.1, 0.15) is 10.0 Å². The molecule has 1 saturated carbocycles. The van der Waals surface area contributed by atoms with Gasteiger partial charge in [0, 0.05) is 12.8 Å². The molecule has 2 atom stereocenters. The van der Waals surface area contributed by atoms with Gasteiger partial charge in [-0.25, -0.2) is 0 Å². The molecule has 0 saturated heterocycles. The summed E-state index contributed by atoms with van der Waals surface area (Å²) < 4.78 is 0. The first-order valence-electron chi connectivity index (χ1n) is 11.4. The summed E-state index contributed by atoms with van der Waals surface area (Å²) in [6, 6.07) is 19.2. The molecule has 2 N–H and O–H groups in total. The summed E-state index contributed by atoms with van der Waals surface area (Å²) in [5.41, 5.74) is 1.93. The number of amides is 2. The highest BCUT2D eigenvalue weighted by Gasteiger charge is 2.38. The van der Waals surface area contributed by atoms with E-state index in [9.17, 15) is 9.59 Å². The Hall–Kier alpha value is -3.50. The topological polar surface area (TPSA) is 110 Å². The van der Waals surface area contributed by atoms with E-state index in [-0.39, 0.29) is 11.8 Å². The number of hydrogen-bond donors (Lipinski definition) is 2. The molecular formula is C25H24N6O2S2. The normalized spacial score (nSPS) is 16.6. The van der Waals surface area contributed by atoms with Gasteiger partial charge in [0.15, 0.2) is 0 Å². The van der Waals surface area contributed by atoms with Crippen LogP contribution in [-0.2, 0) is 35.3 Å². The average molecular weight is 505 g/mol. The highest BCUT2D eigenvalue weighted by Crippen LogP contribution is 2.44. The largest absolute Gasteiger partial charge is 0.300 e. The van der Waals surface area contributed by atoms with E-state index in [0.717, 1.165) is 40.4 Å². The van der Waals surface area contributed by atoms with Crippen LogP contribution in [0.3, 0.4) is 0 Å². The monoisotopic (exact) mass is 504 g/mol. The Morgan fingerprint density at radius 3 is 1.54 bits per heavy atom. The fourth-order valence-corrected chi connectivity index (χ4v) is 5.62. The van der Waals surface area contributed by atoms with E-state index < -0.39 is 0 Å². The van der Waals surface area contributed by atoms with Gasteiger partial charge < -0.3 is 10.6 Å². The highest BCUT2D eigenvalue weighted by atomic mass is 32.1. The van der Waals surface area contributed by atoms with Gasteiger partial charge in [-0.05, 0) is 29.4 Å². The molecule has 4 aromatic rings. The molecule has 1 fully saturated rings. The van der Waals surface area contributed by atoms with Gasteiger partial charge in [-0.15, -0.1) is 20.4 Å². The summed E-state index contributed by atoms with van der Waals surface area (Å²) in [6.45, 7) is 0. The van der Waals surface area contributed by atoms with Crippen molar-refractivity contribution in [3.63, 3.8) is 0 Å². The van der Waals surface area contributed by atoms with Gasteiger partial charge >= 0.3 is 0 Å². The van der Waals surface area contributed by atoms with E-state index in [2.05, 4.69) is 31.0 Å². The van der Waals surface area contributed by atoms with E-state index in [1.807, 2.05) is 60.7 Å². The molecule has 0 bridgehead atoms. The Balaban J connectivity index is 1.05. The zero-order chi connectivity index (χ0) is 24.0. The second kappa shape index (κ2) is 10.8. The lowest BCUT2D eigenvalue weighted by atomic mass is 10.1.